The molecular formula is C72H106ClFO6. The smallest absolute Gasteiger partial charge is 0.126 e. The van der Waals surface area contributed by atoms with Crippen molar-refractivity contribution >= 4 is 11.6 Å². The van der Waals surface area contributed by atoms with Crippen molar-refractivity contribution < 1.29 is 32.8 Å². The molecule has 6 rings (SSSR count). The maximum Gasteiger partial charge on any atom is 0.126 e. The zero-order valence-electron chi connectivity index (χ0n) is 55.4. The minimum absolute atomic E-state index is 0.0582. The molecule has 0 aliphatic carbocycles. The minimum Gasteiger partial charge on any atom is -0.497 e. The lowest BCUT2D eigenvalue weighted by atomic mass is 9.84. The molecule has 444 valence electrons. The summed E-state index contributed by atoms with van der Waals surface area (Å²) in [6.07, 6.45) is 0. The van der Waals surface area contributed by atoms with E-state index in [0.29, 0.717) is 0 Å². The van der Waals surface area contributed by atoms with Gasteiger partial charge in [0.25, 0.3) is 0 Å². The van der Waals surface area contributed by atoms with Crippen LogP contribution in [0.3, 0.4) is 0 Å². The third kappa shape index (κ3) is 23.1. The summed E-state index contributed by atoms with van der Waals surface area (Å²) in [4.78, 5) is 0. The Bertz CT molecular complexity index is 2870. The van der Waals surface area contributed by atoms with E-state index in [1.807, 2.05) is 77.9 Å². The highest BCUT2D eigenvalue weighted by atomic mass is 35.5. The zero-order valence-corrected chi connectivity index (χ0v) is 56.2. The molecule has 80 heavy (non-hydrogen) atoms. The highest BCUT2D eigenvalue weighted by molar-refractivity contribution is 6.31. The molecule has 0 saturated heterocycles. The van der Waals surface area contributed by atoms with Crippen molar-refractivity contribution in [2.75, 3.05) is 42.7 Å². The predicted octanol–water partition coefficient (Wildman–Crippen LogP) is 20.6. The predicted molar refractivity (Wildman–Crippen MR) is 344 cm³/mol. The molecule has 6 nitrogen and oxygen atoms in total. The zero-order chi connectivity index (χ0) is 62.1. The third-order valence-electron chi connectivity index (χ3n) is 13.4. The summed E-state index contributed by atoms with van der Waals surface area (Å²) in [7, 11) is 10.2. The molecule has 0 radical (unpaired) electrons. The fourth-order valence-electron chi connectivity index (χ4n) is 8.82. The Balaban J connectivity index is 0.000000481. The Morgan fingerprint density at radius 3 is 1.07 bits per heavy atom. The Morgan fingerprint density at radius 2 is 0.662 bits per heavy atom. The molecule has 0 spiro atoms. The molecule has 0 N–H and O–H groups in total. The van der Waals surface area contributed by atoms with Crippen LogP contribution in [0.1, 0.15) is 191 Å². The van der Waals surface area contributed by atoms with Crippen LogP contribution in [0.15, 0.2) is 97.1 Å². The Hall–Kier alpha value is -5.66. The van der Waals surface area contributed by atoms with Crippen LogP contribution in [-0.4, -0.2) is 42.7 Å². The van der Waals surface area contributed by atoms with Crippen LogP contribution in [0.25, 0.3) is 0 Å². The average molecular weight is 1120 g/mol. The van der Waals surface area contributed by atoms with Crippen LogP contribution in [0, 0.1) is 47.4 Å². The Morgan fingerprint density at radius 1 is 0.287 bits per heavy atom. The number of hydrogen-bond acceptors (Lipinski definition) is 6. The summed E-state index contributed by atoms with van der Waals surface area (Å²) in [5.74, 6) is 5.53. The van der Waals surface area contributed by atoms with Crippen LogP contribution in [-0.2, 0) is 32.5 Å². The molecule has 0 atom stereocenters. The molecule has 0 bridgehead atoms. The van der Waals surface area contributed by atoms with Crippen molar-refractivity contribution in [3.05, 3.63) is 175 Å². The molecule has 0 fully saturated rings. The second kappa shape index (κ2) is 30.4. The molecule has 6 aromatic carbocycles. The number of hydrogen-bond donors (Lipinski definition) is 0. The Kier molecular flexibility index (Phi) is 27.5. The molecule has 0 saturated carbocycles. The largest absolute Gasteiger partial charge is 0.497 e. The third-order valence-corrected chi connectivity index (χ3v) is 13.8. The number of benzene rings is 6. The van der Waals surface area contributed by atoms with Crippen LogP contribution in [0.5, 0.6) is 34.5 Å². The van der Waals surface area contributed by atoms with Gasteiger partial charge in [-0.3, -0.25) is 0 Å². The van der Waals surface area contributed by atoms with E-state index >= 15 is 0 Å². The van der Waals surface area contributed by atoms with Crippen molar-refractivity contribution in [3.8, 4) is 34.5 Å². The van der Waals surface area contributed by atoms with Gasteiger partial charge in [0, 0.05) is 16.1 Å². The quantitative estimate of drug-likeness (QED) is 0.166. The van der Waals surface area contributed by atoms with Gasteiger partial charge in [0.05, 0.1) is 42.7 Å². The molecule has 0 aliphatic rings. The molecule has 0 heterocycles. The second-order valence-electron chi connectivity index (χ2n) is 26.9. The van der Waals surface area contributed by atoms with Crippen molar-refractivity contribution in [3.63, 3.8) is 0 Å². The second-order valence-corrected chi connectivity index (χ2v) is 27.3. The maximum absolute atomic E-state index is 13.3. The average Bonchev–Trinajstić information content (AvgIpc) is 3.34. The van der Waals surface area contributed by atoms with E-state index in [-0.39, 0.29) is 38.3 Å². The number of aryl methyl sites for hydroxylation is 6. The molecule has 0 unspecified atom stereocenters. The lowest BCUT2D eigenvalue weighted by Crippen LogP contribution is -2.13. The monoisotopic (exact) mass is 1120 g/mol. The summed E-state index contributed by atoms with van der Waals surface area (Å²) in [6.45, 7) is 51.2. The first kappa shape index (κ1) is 72.4. The van der Waals surface area contributed by atoms with E-state index in [1.165, 1.54) is 45.0 Å². The van der Waals surface area contributed by atoms with Crippen molar-refractivity contribution in [2.24, 2.45) is 0 Å². The van der Waals surface area contributed by atoms with Gasteiger partial charge in [-0.2, -0.15) is 0 Å². The van der Waals surface area contributed by atoms with Crippen LogP contribution in [0.2, 0.25) is 5.02 Å². The highest BCUT2D eigenvalue weighted by Crippen LogP contribution is 2.38. The SMILES string of the molecule is COc1cc(C(C)(C)C)c(OC)cc1C.COc1cc(C)c(Cl)cc1C(C)(C)C.COc1cc(C)ccc1C(C)(C)C.COc1ccc(C(C)(C)C)c(C)c1.COc1ccc(C)c(C(C)(C)C)c1.Cc1ccc(F)c(C(C)(C)C)c1. The molecule has 0 aliphatic heterocycles. The van der Waals surface area contributed by atoms with Crippen molar-refractivity contribution in [2.45, 2.75) is 199 Å². The van der Waals surface area contributed by atoms with E-state index < -0.39 is 0 Å². The molecular weight excluding hydrogens is 1020 g/mol. The van der Waals surface area contributed by atoms with Gasteiger partial charge in [-0.1, -0.05) is 178 Å². The summed E-state index contributed by atoms with van der Waals surface area (Å²) in [5, 5.41) is 0.802. The van der Waals surface area contributed by atoms with E-state index in [2.05, 4.69) is 173 Å². The van der Waals surface area contributed by atoms with E-state index in [9.17, 15) is 4.39 Å². The van der Waals surface area contributed by atoms with Crippen molar-refractivity contribution in [1.29, 1.82) is 0 Å². The first-order valence-electron chi connectivity index (χ1n) is 27.8. The normalized spacial score (nSPS) is 11.5. The summed E-state index contributed by atoms with van der Waals surface area (Å²) in [5.41, 5.74) is 14.8. The van der Waals surface area contributed by atoms with Gasteiger partial charge >= 0.3 is 0 Å². The van der Waals surface area contributed by atoms with Gasteiger partial charge < -0.3 is 28.4 Å². The van der Waals surface area contributed by atoms with Crippen LogP contribution >= 0.6 is 11.6 Å². The highest BCUT2D eigenvalue weighted by Gasteiger charge is 2.23. The van der Waals surface area contributed by atoms with Gasteiger partial charge in [0.1, 0.15) is 40.3 Å². The molecule has 6 aromatic rings. The van der Waals surface area contributed by atoms with Gasteiger partial charge in [-0.15, -0.1) is 0 Å². The fourth-order valence-corrected chi connectivity index (χ4v) is 8.98. The van der Waals surface area contributed by atoms with Crippen molar-refractivity contribution in [1.82, 2.24) is 0 Å². The van der Waals surface area contributed by atoms with E-state index in [4.69, 9.17) is 40.0 Å². The number of halogens is 2. The topological polar surface area (TPSA) is 55.4 Å². The molecule has 0 amide bonds. The summed E-state index contributed by atoms with van der Waals surface area (Å²) >= 11 is 6.09. The van der Waals surface area contributed by atoms with Gasteiger partial charge in [-0.05, 0) is 185 Å². The molecule has 8 heteroatoms. The fraction of sp³-hybridized carbons (Fsp3) is 0.500. The summed E-state index contributed by atoms with van der Waals surface area (Å²) in [6, 6.07) is 32.2. The lowest BCUT2D eigenvalue weighted by molar-refractivity contribution is 0.386. The van der Waals surface area contributed by atoms with Crippen LogP contribution in [0.4, 0.5) is 4.39 Å². The van der Waals surface area contributed by atoms with Gasteiger partial charge in [0.2, 0.25) is 0 Å². The number of rotatable bonds is 6. The maximum atomic E-state index is 13.3. The minimum atomic E-state index is -0.104. The van der Waals surface area contributed by atoms with Gasteiger partial charge in [-0.25, -0.2) is 4.39 Å². The van der Waals surface area contributed by atoms with E-state index in [1.54, 1.807) is 48.7 Å². The first-order chi connectivity index (χ1) is 36.5. The number of methoxy groups -OCH3 is 6. The Labute approximate surface area is 492 Å². The van der Waals surface area contributed by atoms with E-state index in [0.717, 1.165) is 67.3 Å². The summed E-state index contributed by atoms with van der Waals surface area (Å²) < 4.78 is 45.1. The number of ether oxygens (including phenoxy) is 6. The van der Waals surface area contributed by atoms with Gasteiger partial charge in [0.15, 0.2) is 0 Å². The molecule has 0 aromatic heterocycles. The standard InChI is InChI=1S/C13H20O2.C12H17ClO.3C12H18O.C11H15F/c1-9-7-12(15-6)10(13(2,3)4)8-11(9)14-5;1-8-6-11(14-5)9(7-10(8)13)12(2,3)4;1-9-8-10(13-5)6-7-11(9)12(2,3)4;1-9-6-7-10(13-5)8-11(9)12(2,3)4;1-9-6-7-10(12(2,3)4)11(8-9)13-5;1-8-5-6-10(12)9(7-8)11(2,3)4/h7-8H,1-6H3;6-7H,1-5H3;3*6-8H,1-5H3;5-7H,1-4H3. The lowest BCUT2D eigenvalue weighted by Gasteiger charge is -2.23. The van der Waals surface area contributed by atoms with Crippen LogP contribution < -0.4 is 28.4 Å². The first-order valence-corrected chi connectivity index (χ1v) is 28.2.